The van der Waals surface area contributed by atoms with Crippen LogP contribution in [0, 0.1) is 0 Å². The van der Waals surface area contributed by atoms with Crippen LogP contribution in [0.3, 0.4) is 0 Å². The molecule has 1 saturated heterocycles. The lowest BCUT2D eigenvalue weighted by Crippen LogP contribution is -2.41. The number of nitrogens with one attached hydrogen (secondary N) is 1. The molecule has 3 heteroatoms. The van der Waals surface area contributed by atoms with Gasteiger partial charge in [-0.2, -0.15) is 0 Å². The molecule has 1 aliphatic heterocycles. The predicted molar refractivity (Wildman–Crippen MR) is 71.1 cm³/mol. The summed E-state index contributed by atoms with van der Waals surface area (Å²) in [5.74, 6) is 1.26. The minimum Gasteiger partial charge on any atom is -0.359 e. The first-order chi connectivity index (χ1) is 7.86. The van der Waals surface area contributed by atoms with Crippen molar-refractivity contribution in [1.29, 1.82) is 0 Å². The van der Waals surface area contributed by atoms with Crippen LogP contribution in [-0.4, -0.2) is 22.5 Å². The number of amidine groups is 1. The molecule has 0 unspecified atom stereocenters. The molecular weight excluding hydrogens is 216 g/mol. The van der Waals surface area contributed by atoms with Gasteiger partial charge in [0.1, 0.15) is 0 Å². The van der Waals surface area contributed by atoms with Crippen LogP contribution in [0.2, 0.25) is 0 Å². The van der Waals surface area contributed by atoms with E-state index in [-0.39, 0.29) is 0 Å². The van der Waals surface area contributed by atoms with E-state index in [0.29, 0.717) is 11.6 Å². The molecule has 0 radical (unpaired) electrons. The van der Waals surface area contributed by atoms with Gasteiger partial charge in [0.15, 0.2) is 5.17 Å². The molecule has 3 aliphatic rings. The van der Waals surface area contributed by atoms with Gasteiger partial charge in [-0.25, -0.2) is 0 Å². The van der Waals surface area contributed by atoms with Crippen LogP contribution in [0.15, 0.2) is 4.99 Å². The summed E-state index contributed by atoms with van der Waals surface area (Å²) in [6.07, 6.45) is 12.4. The molecule has 1 N–H and O–H groups in total. The van der Waals surface area contributed by atoms with Crippen molar-refractivity contribution in [2.24, 2.45) is 4.99 Å². The summed E-state index contributed by atoms with van der Waals surface area (Å²) in [6.45, 7) is 0. The number of hydrogen-bond acceptors (Lipinski definition) is 2. The Labute approximate surface area is 103 Å². The molecular formula is C13H22N2S. The minimum atomic E-state index is 0.443. The summed E-state index contributed by atoms with van der Waals surface area (Å²) in [4.78, 5) is 4.92. The van der Waals surface area contributed by atoms with Gasteiger partial charge in [-0.1, -0.05) is 43.9 Å². The highest BCUT2D eigenvalue weighted by molar-refractivity contribution is 8.14. The smallest absolute Gasteiger partial charge is 0.157 e. The van der Waals surface area contributed by atoms with Crippen molar-refractivity contribution in [1.82, 2.24) is 5.32 Å². The third kappa shape index (κ3) is 2.24. The summed E-state index contributed by atoms with van der Waals surface area (Å²) in [6, 6.07) is 0.625. The molecule has 0 bridgehead atoms. The first-order valence-electron chi connectivity index (χ1n) is 6.85. The van der Waals surface area contributed by atoms with E-state index in [1.165, 1.54) is 68.7 Å². The second-order valence-corrected chi connectivity index (χ2v) is 6.59. The van der Waals surface area contributed by atoms with Gasteiger partial charge in [-0.15, -0.1) is 0 Å². The van der Waals surface area contributed by atoms with Crippen molar-refractivity contribution in [3.63, 3.8) is 0 Å². The molecule has 2 saturated carbocycles. The SMILES string of the molecule is C1CCC(N=C2NC3(CCCC3)CS2)CC1. The average molecular weight is 238 g/mol. The lowest BCUT2D eigenvalue weighted by atomic mass is 9.96. The molecule has 0 aromatic carbocycles. The Balaban J connectivity index is 1.61. The highest BCUT2D eigenvalue weighted by atomic mass is 32.2. The molecule has 0 aromatic heterocycles. The fourth-order valence-electron chi connectivity index (χ4n) is 3.27. The summed E-state index contributed by atoms with van der Waals surface area (Å²) < 4.78 is 0. The summed E-state index contributed by atoms with van der Waals surface area (Å²) >= 11 is 1.97. The van der Waals surface area contributed by atoms with Crippen LogP contribution >= 0.6 is 11.8 Å². The standard InChI is InChI=1S/C13H22N2S/c1-2-6-11(7-3-1)14-12-15-13(10-16-12)8-4-5-9-13/h11H,1-10H2,(H,14,15). The zero-order chi connectivity index (χ0) is 10.8. The zero-order valence-electron chi connectivity index (χ0n) is 10.0. The molecule has 1 spiro atoms. The highest BCUT2D eigenvalue weighted by Gasteiger charge is 2.39. The third-order valence-corrected chi connectivity index (χ3v) is 5.47. The van der Waals surface area contributed by atoms with E-state index in [1.807, 2.05) is 11.8 Å². The van der Waals surface area contributed by atoms with Gasteiger partial charge in [0.25, 0.3) is 0 Å². The first kappa shape index (κ1) is 10.9. The molecule has 16 heavy (non-hydrogen) atoms. The van der Waals surface area contributed by atoms with E-state index >= 15 is 0 Å². The zero-order valence-corrected chi connectivity index (χ0v) is 10.8. The second-order valence-electron chi connectivity index (χ2n) is 5.63. The van der Waals surface area contributed by atoms with Gasteiger partial charge in [-0.3, -0.25) is 4.99 Å². The van der Waals surface area contributed by atoms with Crippen LogP contribution in [0.25, 0.3) is 0 Å². The number of hydrogen-bond donors (Lipinski definition) is 1. The lowest BCUT2D eigenvalue weighted by Gasteiger charge is -2.23. The van der Waals surface area contributed by atoms with Gasteiger partial charge < -0.3 is 5.32 Å². The van der Waals surface area contributed by atoms with Crippen LogP contribution in [0.4, 0.5) is 0 Å². The predicted octanol–water partition coefficient (Wildman–Crippen LogP) is 3.32. The molecule has 3 fully saturated rings. The topological polar surface area (TPSA) is 24.4 Å². The van der Waals surface area contributed by atoms with Gasteiger partial charge >= 0.3 is 0 Å². The number of aliphatic imine (C=N–C) groups is 1. The number of rotatable bonds is 1. The fraction of sp³-hybridized carbons (Fsp3) is 0.923. The van der Waals surface area contributed by atoms with Crippen LogP contribution in [-0.2, 0) is 0 Å². The maximum absolute atomic E-state index is 4.92. The summed E-state index contributed by atoms with van der Waals surface area (Å²) in [5, 5.41) is 4.98. The summed E-state index contributed by atoms with van der Waals surface area (Å²) in [7, 11) is 0. The number of nitrogens with zero attached hydrogens (tertiary/aromatic N) is 1. The van der Waals surface area contributed by atoms with Gasteiger partial charge in [-0.05, 0) is 25.7 Å². The molecule has 0 aromatic rings. The molecule has 90 valence electrons. The summed E-state index contributed by atoms with van der Waals surface area (Å²) in [5.41, 5.74) is 0.443. The van der Waals surface area contributed by atoms with E-state index in [4.69, 9.17) is 4.99 Å². The van der Waals surface area contributed by atoms with Crippen LogP contribution in [0.1, 0.15) is 57.8 Å². The van der Waals surface area contributed by atoms with Crippen LogP contribution in [0.5, 0.6) is 0 Å². The normalized spacial score (nSPS) is 32.4. The monoisotopic (exact) mass is 238 g/mol. The van der Waals surface area contributed by atoms with E-state index in [9.17, 15) is 0 Å². The van der Waals surface area contributed by atoms with Gasteiger partial charge in [0.05, 0.1) is 6.04 Å². The minimum absolute atomic E-state index is 0.443. The van der Waals surface area contributed by atoms with E-state index in [1.54, 1.807) is 0 Å². The molecule has 3 rings (SSSR count). The lowest BCUT2D eigenvalue weighted by molar-refractivity contribution is 0.433. The van der Waals surface area contributed by atoms with Crippen LogP contribution < -0.4 is 5.32 Å². The maximum Gasteiger partial charge on any atom is 0.157 e. The Kier molecular flexibility index (Phi) is 3.14. The Bertz CT molecular complexity index is 276. The molecule has 1 heterocycles. The Hall–Kier alpha value is -0.180. The largest absolute Gasteiger partial charge is 0.359 e. The Morgan fingerprint density at radius 3 is 2.56 bits per heavy atom. The maximum atomic E-state index is 4.92. The van der Waals surface area contributed by atoms with Crippen molar-refractivity contribution in [3.8, 4) is 0 Å². The molecule has 0 amide bonds. The van der Waals surface area contributed by atoms with Gasteiger partial charge in [0.2, 0.25) is 0 Å². The highest BCUT2D eigenvalue weighted by Crippen LogP contribution is 2.37. The fourth-order valence-corrected chi connectivity index (χ4v) is 4.56. The molecule has 2 nitrogen and oxygen atoms in total. The van der Waals surface area contributed by atoms with Crippen molar-refractivity contribution in [2.75, 3.05) is 5.75 Å². The Morgan fingerprint density at radius 2 is 1.81 bits per heavy atom. The van der Waals surface area contributed by atoms with Gasteiger partial charge in [0, 0.05) is 11.3 Å². The van der Waals surface area contributed by atoms with E-state index in [0.717, 1.165) is 0 Å². The average Bonchev–Trinajstić information content (AvgIpc) is 2.92. The van der Waals surface area contributed by atoms with E-state index in [2.05, 4.69) is 5.32 Å². The van der Waals surface area contributed by atoms with Crippen molar-refractivity contribution in [2.45, 2.75) is 69.4 Å². The quantitative estimate of drug-likeness (QED) is 0.758. The van der Waals surface area contributed by atoms with E-state index < -0.39 is 0 Å². The first-order valence-corrected chi connectivity index (χ1v) is 7.84. The second kappa shape index (κ2) is 4.59. The molecule has 2 aliphatic carbocycles. The van der Waals surface area contributed by atoms with Crippen molar-refractivity contribution >= 4 is 16.9 Å². The van der Waals surface area contributed by atoms with Crippen molar-refractivity contribution in [3.05, 3.63) is 0 Å². The van der Waals surface area contributed by atoms with Crippen molar-refractivity contribution < 1.29 is 0 Å². The Morgan fingerprint density at radius 1 is 1.06 bits per heavy atom. The third-order valence-electron chi connectivity index (χ3n) is 4.29. The number of thioether (sulfide) groups is 1. The molecule has 0 atom stereocenters.